The van der Waals surface area contributed by atoms with Crippen molar-refractivity contribution in [1.29, 1.82) is 0 Å². The molecule has 1 heterocycles. The summed E-state index contributed by atoms with van der Waals surface area (Å²) in [7, 11) is 1.42. The smallest absolute Gasteiger partial charge is 0.255 e. The Labute approximate surface area is 177 Å². The number of benzene rings is 2. The molecular formula is C22H22N4O5. The van der Waals surface area contributed by atoms with Crippen LogP contribution in [0.25, 0.3) is 23.1 Å². The molecule has 3 rings (SSSR count). The number of fused-ring (bicyclic) bond motifs is 1. The average Bonchev–Trinajstić information content (AvgIpc) is 3.18. The Bertz CT molecular complexity index is 1160. The summed E-state index contributed by atoms with van der Waals surface area (Å²) in [4.78, 5) is 35.4. The molecule has 0 fully saturated rings. The maximum absolute atomic E-state index is 12.7. The molecule has 0 aliphatic rings. The van der Waals surface area contributed by atoms with Crippen molar-refractivity contribution in [2.75, 3.05) is 13.7 Å². The van der Waals surface area contributed by atoms with Crippen molar-refractivity contribution in [3.8, 4) is 5.75 Å². The molecule has 0 bridgehead atoms. The lowest BCUT2D eigenvalue weighted by Crippen LogP contribution is -2.46. The zero-order valence-electron chi connectivity index (χ0n) is 17.0. The van der Waals surface area contributed by atoms with Crippen LogP contribution in [0.5, 0.6) is 5.75 Å². The number of nitrogens with one attached hydrogen (secondary N) is 2. The normalized spacial score (nSPS) is 12.1. The number of methoxy groups -OCH3 is 1. The summed E-state index contributed by atoms with van der Waals surface area (Å²) in [5, 5.41) is 19.4. The summed E-state index contributed by atoms with van der Waals surface area (Å²) in [6.45, 7) is 0.890. The molecule has 0 saturated heterocycles. The van der Waals surface area contributed by atoms with E-state index in [4.69, 9.17) is 10.5 Å². The largest absolute Gasteiger partial charge is 0.495 e. The van der Waals surface area contributed by atoms with Gasteiger partial charge in [-0.25, -0.2) is 0 Å². The third-order valence-electron chi connectivity index (χ3n) is 4.74. The van der Waals surface area contributed by atoms with Gasteiger partial charge in [-0.1, -0.05) is 30.3 Å². The summed E-state index contributed by atoms with van der Waals surface area (Å²) in [6.07, 6.45) is 3.58. The average molecular weight is 422 g/mol. The first kappa shape index (κ1) is 21.7. The lowest BCUT2D eigenvalue weighted by atomic mass is 10.1. The van der Waals surface area contributed by atoms with Gasteiger partial charge >= 0.3 is 0 Å². The van der Waals surface area contributed by atoms with E-state index < -0.39 is 24.5 Å². The number of carbonyl (C=O) groups excluding carboxylic acids is 3. The molecule has 5 N–H and O–H groups in total. The topological polar surface area (TPSA) is 147 Å². The Morgan fingerprint density at radius 3 is 2.48 bits per heavy atom. The number of rotatable bonds is 8. The Morgan fingerprint density at radius 1 is 1.19 bits per heavy atom. The molecule has 9 heteroatoms. The third kappa shape index (κ3) is 4.62. The van der Waals surface area contributed by atoms with E-state index in [1.54, 1.807) is 24.3 Å². The summed E-state index contributed by atoms with van der Waals surface area (Å²) in [6, 6.07) is 9.09. The number of aliphatic hydroxyl groups excluding tert-OH is 1. The number of nitrogens with zero attached hydrogens (tertiary/aromatic N) is 1. The number of hydrogen-bond acceptors (Lipinski definition) is 6. The molecule has 1 unspecified atom stereocenters. The first-order valence-corrected chi connectivity index (χ1v) is 9.41. The second kappa shape index (κ2) is 9.23. The molecule has 0 spiro atoms. The summed E-state index contributed by atoms with van der Waals surface area (Å²) in [5.74, 6) is -1.22. The molecule has 1 atom stereocenters. The van der Waals surface area contributed by atoms with E-state index in [0.717, 1.165) is 5.56 Å². The molecule has 2 amide bonds. The van der Waals surface area contributed by atoms with Crippen molar-refractivity contribution in [2.45, 2.75) is 13.0 Å². The van der Waals surface area contributed by atoms with Gasteiger partial charge in [0.1, 0.15) is 11.8 Å². The standard InChI is InChI=1S/C22H22N4O5/c1-12(28)14-6-3-13(4-7-14)5-9-16-19-17(26-25-16)10-8-15(20(19)31-2)22(30)24-18(11-27)21(23)29/h3-10,18,27H,11H2,1-2H3,(H2,23,29)(H,24,30)(H,25,26). The minimum Gasteiger partial charge on any atom is -0.495 e. The molecule has 9 nitrogen and oxygen atoms in total. The zero-order valence-corrected chi connectivity index (χ0v) is 17.0. The molecule has 0 saturated carbocycles. The maximum atomic E-state index is 12.7. The van der Waals surface area contributed by atoms with Crippen LogP contribution in [0.1, 0.15) is 38.9 Å². The highest BCUT2D eigenvalue weighted by Crippen LogP contribution is 2.32. The number of carbonyl (C=O) groups is 3. The number of aromatic amines is 1. The van der Waals surface area contributed by atoms with Crippen LogP contribution in [-0.2, 0) is 4.79 Å². The molecular weight excluding hydrogens is 400 g/mol. The molecule has 31 heavy (non-hydrogen) atoms. The molecule has 1 aromatic heterocycles. The van der Waals surface area contributed by atoms with Crippen LogP contribution in [0, 0.1) is 0 Å². The van der Waals surface area contributed by atoms with Crippen LogP contribution in [0.15, 0.2) is 36.4 Å². The van der Waals surface area contributed by atoms with Gasteiger partial charge in [-0.2, -0.15) is 5.10 Å². The highest BCUT2D eigenvalue weighted by Gasteiger charge is 2.23. The number of aliphatic hydroxyl groups is 1. The van der Waals surface area contributed by atoms with Crippen molar-refractivity contribution in [3.05, 3.63) is 58.8 Å². The fraction of sp³-hybridized carbons (Fsp3) is 0.182. The summed E-state index contributed by atoms with van der Waals surface area (Å²) < 4.78 is 5.48. The Morgan fingerprint density at radius 2 is 1.90 bits per heavy atom. The number of Topliss-reactive ketones (excluding diaryl/α,β-unsaturated/α-hetero) is 1. The first-order chi connectivity index (χ1) is 14.8. The molecule has 0 aliphatic carbocycles. The quantitative estimate of drug-likeness (QED) is 0.405. The van der Waals surface area contributed by atoms with Crippen LogP contribution in [0.4, 0.5) is 0 Å². The molecule has 2 aromatic carbocycles. The SMILES string of the molecule is COc1c(C(=O)NC(CO)C(N)=O)ccc2[nH]nc(C=Cc3ccc(C(C)=O)cc3)c12. The number of ketones is 1. The van der Waals surface area contributed by atoms with Crippen molar-refractivity contribution >= 4 is 40.7 Å². The molecule has 0 radical (unpaired) electrons. The van der Waals surface area contributed by atoms with Gasteiger partial charge in [0.05, 0.1) is 35.9 Å². The number of ether oxygens (including phenoxy) is 1. The lowest BCUT2D eigenvalue weighted by Gasteiger charge is -2.15. The van der Waals surface area contributed by atoms with E-state index in [2.05, 4.69) is 15.5 Å². The van der Waals surface area contributed by atoms with E-state index in [0.29, 0.717) is 22.2 Å². The highest BCUT2D eigenvalue weighted by molar-refractivity contribution is 6.06. The van der Waals surface area contributed by atoms with Crippen LogP contribution in [0.3, 0.4) is 0 Å². The Kier molecular flexibility index (Phi) is 6.46. The van der Waals surface area contributed by atoms with Crippen molar-refractivity contribution in [3.63, 3.8) is 0 Å². The monoisotopic (exact) mass is 422 g/mol. The van der Waals surface area contributed by atoms with Gasteiger partial charge in [0.15, 0.2) is 5.78 Å². The van der Waals surface area contributed by atoms with E-state index in [-0.39, 0.29) is 17.1 Å². The number of nitrogens with two attached hydrogens (primary N) is 1. The summed E-state index contributed by atoms with van der Waals surface area (Å²) >= 11 is 0. The minimum atomic E-state index is -1.21. The number of amides is 2. The fourth-order valence-corrected chi connectivity index (χ4v) is 3.06. The van der Waals surface area contributed by atoms with E-state index in [9.17, 15) is 19.5 Å². The van der Waals surface area contributed by atoms with Gasteiger partial charge in [-0.3, -0.25) is 19.5 Å². The van der Waals surface area contributed by atoms with Crippen molar-refractivity contribution < 1.29 is 24.2 Å². The first-order valence-electron chi connectivity index (χ1n) is 9.41. The number of aromatic nitrogens is 2. The van der Waals surface area contributed by atoms with Crippen molar-refractivity contribution in [2.24, 2.45) is 5.73 Å². The predicted octanol–water partition coefficient (Wildman–Crippen LogP) is 1.52. The Balaban J connectivity index is 1.97. The number of hydrogen-bond donors (Lipinski definition) is 4. The maximum Gasteiger partial charge on any atom is 0.255 e. The molecule has 160 valence electrons. The predicted molar refractivity (Wildman–Crippen MR) is 116 cm³/mol. The third-order valence-corrected chi connectivity index (χ3v) is 4.74. The second-order valence-corrected chi connectivity index (χ2v) is 6.80. The van der Waals surface area contributed by atoms with Gasteiger partial charge in [-0.15, -0.1) is 0 Å². The van der Waals surface area contributed by atoms with Gasteiger partial charge in [0.2, 0.25) is 5.91 Å². The van der Waals surface area contributed by atoms with Crippen LogP contribution in [0.2, 0.25) is 0 Å². The van der Waals surface area contributed by atoms with Gasteiger partial charge in [0, 0.05) is 5.56 Å². The van der Waals surface area contributed by atoms with Crippen LogP contribution in [-0.4, -0.2) is 52.7 Å². The zero-order chi connectivity index (χ0) is 22.5. The van der Waals surface area contributed by atoms with Crippen LogP contribution < -0.4 is 15.8 Å². The molecule has 3 aromatic rings. The number of H-pyrrole nitrogens is 1. The van der Waals surface area contributed by atoms with E-state index in [1.807, 2.05) is 18.2 Å². The Hall–Kier alpha value is -3.98. The van der Waals surface area contributed by atoms with E-state index in [1.165, 1.54) is 20.1 Å². The van der Waals surface area contributed by atoms with Gasteiger partial charge < -0.3 is 20.9 Å². The molecule has 0 aliphatic heterocycles. The minimum absolute atomic E-state index is 0.0101. The van der Waals surface area contributed by atoms with Gasteiger partial charge in [0.25, 0.3) is 5.91 Å². The summed E-state index contributed by atoms with van der Waals surface area (Å²) in [5.41, 5.74) is 8.00. The number of primary amides is 1. The van der Waals surface area contributed by atoms with Crippen molar-refractivity contribution in [1.82, 2.24) is 15.5 Å². The van der Waals surface area contributed by atoms with E-state index >= 15 is 0 Å². The second-order valence-electron chi connectivity index (χ2n) is 6.80. The van der Waals surface area contributed by atoms with Gasteiger partial charge in [-0.05, 0) is 30.7 Å². The highest BCUT2D eigenvalue weighted by atomic mass is 16.5. The van der Waals surface area contributed by atoms with Crippen LogP contribution >= 0.6 is 0 Å². The lowest BCUT2D eigenvalue weighted by molar-refractivity contribution is -0.120. The fourth-order valence-electron chi connectivity index (χ4n) is 3.06.